The summed E-state index contributed by atoms with van der Waals surface area (Å²) >= 11 is 0. The van der Waals surface area contributed by atoms with Crippen LogP contribution in [0.1, 0.15) is 13.3 Å². The van der Waals surface area contributed by atoms with Gasteiger partial charge in [-0.05, 0) is 37.6 Å². The third-order valence-electron chi connectivity index (χ3n) is 3.03. The number of ether oxygens (including phenoxy) is 1. The van der Waals surface area contributed by atoms with Gasteiger partial charge in [-0.3, -0.25) is 4.79 Å². The van der Waals surface area contributed by atoms with E-state index in [1.807, 2.05) is 4.90 Å². The third kappa shape index (κ3) is 3.26. The first-order valence-electron chi connectivity index (χ1n) is 6.07. The monoisotopic (exact) mass is 246 g/mol. The van der Waals surface area contributed by atoms with Crippen LogP contribution in [0, 0.1) is 0 Å². The minimum atomic E-state index is 0.0237. The minimum absolute atomic E-state index is 0.0237. The fourth-order valence-corrected chi connectivity index (χ4v) is 1.80. The fourth-order valence-electron chi connectivity index (χ4n) is 1.80. The third-order valence-corrected chi connectivity index (χ3v) is 3.03. The number of nitrogens with zero attached hydrogens (tertiary/aromatic N) is 1. The lowest BCUT2D eigenvalue weighted by atomic mass is 10.1. The highest BCUT2D eigenvalue weighted by Gasteiger charge is 2.15. The lowest BCUT2D eigenvalue weighted by Gasteiger charge is -2.25. The predicted molar refractivity (Wildman–Crippen MR) is 71.3 cm³/mol. The van der Waals surface area contributed by atoms with E-state index in [4.69, 9.17) is 10.5 Å². The van der Waals surface area contributed by atoms with Crippen LogP contribution in [0.25, 0.3) is 0 Å². The number of hydrogen-bond acceptors (Lipinski definition) is 3. The Morgan fingerprint density at radius 2 is 2.11 bits per heavy atom. The largest absolute Gasteiger partial charge is 0.484 e. The second kappa shape index (κ2) is 5.58. The number of carbonyl (C=O) groups excluding carboxylic acids is 1. The first kappa shape index (κ1) is 12.5. The zero-order chi connectivity index (χ0) is 13.0. The molecule has 1 amide bonds. The van der Waals surface area contributed by atoms with Crippen molar-refractivity contribution < 1.29 is 9.53 Å². The summed E-state index contributed by atoms with van der Waals surface area (Å²) in [6.45, 7) is 3.64. The Balaban J connectivity index is 1.83. The van der Waals surface area contributed by atoms with Crippen molar-refractivity contribution in [3.8, 4) is 5.75 Å². The number of hydrogen-bond donors (Lipinski definition) is 1. The Bertz CT molecular complexity index is 451. The highest BCUT2D eigenvalue weighted by atomic mass is 16.5. The van der Waals surface area contributed by atoms with Crippen molar-refractivity contribution in [1.29, 1.82) is 0 Å². The fraction of sp³-hybridized carbons (Fsp3) is 0.357. The molecule has 0 atom stereocenters. The van der Waals surface area contributed by atoms with Crippen molar-refractivity contribution in [3.63, 3.8) is 0 Å². The van der Waals surface area contributed by atoms with Gasteiger partial charge in [0.2, 0.25) is 0 Å². The molecule has 0 fully saturated rings. The standard InChI is InChI=1S/C14H18N2O2/c1-11-6-8-16(9-7-11)14(17)10-18-13-4-2-12(15)3-5-13/h2-6H,7-10,15H2,1H3. The van der Waals surface area contributed by atoms with E-state index in [9.17, 15) is 4.79 Å². The molecular formula is C14H18N2O2. The molecule has 2 rings (SSSR count). The molecule has 0 aromatic heterocycles. The van der Waals surface area contributed by atoms with Gasteiger partial charge in [0, 0.05) is 18.8 Å². The molecule has 0 saturated heterocycles. The van der Waals surface area contributed by atoms with Crippen LogP contribution in [0.2, 0.25) is 0 Å². The lowest BCUT2D eigenvalue weighted by Crippen LogP contribution is -2.37. The van der Waals surface area contributed by atoms with Crippen molar-refractivity contribution in [3.05, 3.63) is 35.9 Å². The molecule has 0 radical (unpaired) electrons. The van der Waals surface area contributed by atoms with Gasteiger partial charge in [0.15, 0.2) is 6.61 Å². The van der Waals surface area contributed by atoms with E-state index in [1.165, 1.54) is 5.57 Å². The topological polar surface area (TPSA) is 55.6 Å². The van der Waals surface area contributed by atoms with Crippen LogP contribution in [-0.4, -0.2) is 30.5 Å². The molecule has 0 saturated carbocycles. The van der Waals surface area contributed by atoms with Crippen molar-refractivity contribution in [2.24, 2.45) is 0 Å². The van der Waals surface area contributed by atoms with Gasteiger partial charge in [-0.15, -0.1) is 0 Å². The summed E-state index contributed by atoms with van der Waals surface area (Å²) in [6, 6.07) is 7.05. The zero-order valence-corrected chi connectivity index (χ0v) is 10.6. The Hall–Kier alpha value is -1.97. The zero-order valence-electron chi connectivity index (χ0n) is 10.6. The summed E-state index contributed by atoms with van der Waals surface area (Å²) in [5.74, 6) is 0.692. The van der Waals surface area contributed by atoms with Gasteiger partial charge in [-0.1, -0.05) is 11.6 Å². The molecule has 1 aliphatic rings. The smallest absolute Gasteiger partial charge is 0.260 e. The maximum absolute atomic E-state index is 11.9. The average Bonchev–Trinajstić information content (AvgIpc) is 2.38. The van der Waals surface area contributed by atoms with E-state index in [-0.39, 0.29) is 12.5 Å². The molecule has 0 bridgehead atoms. The van der Waals surface area contributed by atoms with E-state index in [0.29, 0.717) is 18.0 Å². The molecule has 1 aromatic carbocycles. The maximum atomic E-state index is 11.9. The van der Waals surface area contributed by atoms with Gasteiger partial charge in [0.05, 0.1) is 0 Å². The Morgan fingerprint density at radius 1 is 1.39 bits per heavy atom. The number of carbonyl (C=O) groups is 1. The quantitative estimate of drug-likeness (QED) is 0.654. The molecule has 1 aromatic rings. The first-order chi connectivity index (χ1) is 8.65. The summed E-state index contributed by atoms with van der Waals surface area (Å²) in [6.07, 6.45) is 3.04. The number of nitrogens with two attached hydrogens (primary N) is 1. The summed E-state index contributed by atoms with van der Waals surface area (Å²) in [7, 11) is 0. The molecule has 18 heavy (non-hydrogen) atoms. The molecule has 4 heteroatoms. The minimum Gasteiger partial charge on any atom is -0.484 e. The van der Waals surface area contributed by atoms with Gasteiger partial charge < -0.3 is 15.4 Å². The van der Waals surface area contributed by atoms with E-state index >= 15 is 0 Å². The maximum Gasteiger partial charge on any atom is 0.260 e. The van der Waals surface area contributed by atoms with E-state index in [1.54, 1.807) is 24.3 Å². The van der Waals surface area contributed by atoms with Crippen molar-refractivity contribution >= 4 is 11.6 Å². The Morgan fingerprint density at radius 3 is 2.72 bits per heavy atom. The number of rotatable bonds is 3. The summed E-state index contributed by atoms with van der Waals surface area (Å²) in [5.41, 5.74) is 7.61. The molecule has 96 valence electrons. The van der Waals surface area contributed by atoms with Crippen LogP contribution < -0.4 is 10.5 Å². The molecule has 0 unspecified atom stereocenters. The van der Waals surface area contributed by atoms with Crippen LogP contribution in [0.3, 0.4) is 0 Å². The Kier molecular flexibility index (Phi) is 3.87. The number of amides is 1. The van der Waals surface area contributed by atoms with Gasteiger partial charge in [0.25, 0.3) is 5.91 Å². The average molecular weight is 246 g/mol. The van der Waals surface area contributed by atoms with Crippen LogP contribution in [0.4, 0.5) is 5.69 Å². The van der Waals surface area contributed by atoms with Gasteiger partial charge in [-0.25, -0.2) is 0 Å². The second-order valence-corrected chi connectivity index (χ2v) is 4.50. The molecule has 1 heterocycles. The molecule has 4 nitrogen and oxygen atoms in total. The van der Waals surface area contributed by atoms with Gasteiger partial charge >= 0.3 is 0 Å². The van der Waals surface area contributed by atoms with Gasteiger partial charge in [-0.2, -0.15) is 0 Å². The molecule has 0 aliphatic carbocycles. The van der Waals surface area contributed by atoms with E-state index < -0.39 is 0 Å². The number of anilines is 1. The summed E-state index contributed by atoms with van der Waals surface area (Å²) in [5, 5.41) is 0. The highest BCUT2D eigenvalue weighted by Crippen LogP contribution is 2.14. The van der Waals surface area contributed by atoms with Crippen LogP contribution in [0.15, 0.2) is 35.9 Å². The summed E-state index contributed by atoms with van der Waals surface area (Å²) in [4.78, 5) is 13.7. The summed E-state index contributed by atoms with van der Waals surface area (Å²) < 4.78 is 5.44. The second-order valence-electron chi connectivity index (χ2n) is 4.50. The predicted octanol–water partition coefficient (Wildman–Crippen LogP) is 1.83. The van der Waals surface area contributed by atoms with E-state index in [0.717, 1.165) is 13.0 Å². The van der Waals surface area contributed by atoms with Crippen LogP contribution in [-0.2, 0) is 4.79 Å². The van der Waals surface area contributed by atoms with Crippen molar-refractivity contribution in [2.75, 3.05) is 25.4 Å². The SMILES string of the molecule is CC1=CCN(C(=O)COc2ccc(N)cc2)CC1. The highest BCUT2D eigenvalue weighted by molar-refractivity contribution is 5.78. The van der Waals surface area contributed by atoms with Crippen molar-refractivity contribution in [1.82, 2.24) is 4.90 Å². The lowest BCUT2D eigenvalue weighted by molar-refractivity contribution is -0.133. The van der Waals surface area contributed by atoms with Crippen molar-refractivity contribution in [2.45, 2.75) is 13.3 Å². The first-order valence-corrected chi connectivity index (χ1v) is 6.07. The Labute approximate surface area is 107 Å². The normalized spacial score (nSPS) is 15.2. The molecule has 0 spiro atoms. The number of benzene rings is 1. The van der Waals surface area contributed by atoms with Gasteiger partial charge in [0.1, 0.15) is 5.75 Å². The van der Waals surface area contributed by atoms with E-state index in [2.05, 4.69) is 13.0 Å². The molecular weight excluding hydrogens is 228 g/mol. The molecule has 2 N–H and O–H groups in total. The number of nitrogen functional groups attached to an aromatic ring is 1. The molecule has 1 aliphatic heterocycles. The van der Waals surface area contributed by atoms with Crippen LogP contribution in [0.5, 0.6) is 5.75 Å². The van der Waals surface area contributed by atoms with Crippen LogP contribution >= 0.6 is 0 Å².